The van der Waals surface area contributed by atoms with Crippen LogP contribution in [-0.4, -0.2) is 57.1 Å². The Bertz CT molecular complexity index is 823. The van der Waals surface area contributed by atoms with Crippen LogP contribution in [0.2, 0.25) is 0 Å². The van der Waals surface area contributed by atoms with Crippen molar-refractivity contribution in [1.29, 1.82) is 0 Å². The monoisotopic (exact) mass is 381 g/mol. The topological polar surface area (TPSA) is 70.5 Å². The lowest BCUT2D eigenvalue weighted by atomic mass is 9.73. The minimum absolute atomic E-state index is 0.0116. The van der Waals surface area contributed by atoms with Gasteiger partial charge < -0.3 is 10.2 Å². The highest BCUT2D eigenvalue weighted by molar-refractivity contribution is 8.01. The number of hydrogen-bond donors (Lipinski definition) is 1. The Morgan fingerprint density at radius 1 is 1.41 bits per heavy atom. The third kappa shape index (κ3) is 2.75. The van der Waals surface area contributed by atoms with E-state index in [1.54, 1.807) is 12.5 Å². The van der Waals surface area contributed by atoms with Crippen LogP contribution in [0.15, 0.2) is 47.5 Å². The summed E-state index contributed by atoms with van der Waals surface area (Å²) in [7, 11) is 0. The third-order valence-corrected chi connectivity index (χ3v) is 7.95. The Morgan fingerprint density at radius 2 is 2.37 bits per heavy atom. The second-order valence-electron chi connectivity index (χ2n) is 7.53. The maximum atomic E-state index is 13.7. The standard InChI is InChI=1S/C20H23N5OS/c26-19(25-10-9-21-11-17(25)16-5-7-22-13-24-16)14-12-27-20-6-2-1-3-18(20)23-8-4-15(14)20/h1-3,5,7-8,13-15,17,21H,4,6,9-12H2. The van der Waals surface area contributed by atoms with E-state index in [2.05, 4.69) is 43.4 Å². The van der Waals surface area contributed by atoms with Gasteiger partial charge in [0.25, 0.3) is 0 Å². The molecule has 4 heterocycles. The SMILES string of the molecule is O=C(C1CSC23CC=CC=C2N=CCC13)N1CCNCC1c1ccncn1. The van der Waals surface area contributed by atoms with Crippen molar-refractivity contribution in [2.45, 2.75) is 23.6 Å². The maximum absolute atomic E-state index is 13.7. The zero-order valence-corrected chi connectivity index (χ0v) is 15.9. The third-order valence-electron chi connectivity index (χ3n) is 6.23. The van der Waals surface area contributed by atoms with Crippen molar-refractivity contribution in [3.05, 3.63) is 48.2 Å². The summed E-state index contributed by atoms with van der Waals surface area (Å²) >= 11 is 1.93. The van der Waals surface area contributed by atoms with Crippen LogP contribution >= 0.6 is 11.8 Å². The molecule has 1 aliphatic carbocycles. The number of amides is 1. The van der Waals surface area contributed by atoms with Crippen LogP contribution in [0.25, 0.3) is 0 Å². The van der Waals surface area contributed by atoms with Crippen LogP contribution in [0.1, 0.15) is 24.6 Å². The lowest BCUT2D eigenvalue weighted by Gasteiger charge is -2.42. The van der Waals surface area contributed by atoms with Gasteiger partial charge in [0.2, 0.25) is 5.91 Å². The first-order valence-corrected chi connectivity index (χ1v) is 10.6. The summed E-state index contributed by atoms with van der Waals surface area (Å²) in [6.45, 7) is 2.30. The number of carbonyl (C=O) groups is 1. The van der Waals surface area contributed by atoms with Crippen molar-refractivity contribution in [3.8, 4) is 0 Å². The number of thioether (sulfide) groups is 1. The van der Waals surface area contributed by atoms with E-state index >= 15 is 0 Å². The largest absolute Gasteiger partial charge is 0.331 e. The van der Waals surface area contributed by atoms with Gasteiger partial charge in [-0.25, -0.2) is 9.97 Å². The number of hydrogen-bond acceptors (Lipinski definition) is 6. The Hall–Kier alpha value is -1.99. The molecule has 1 spiro atoms. The molecule has 27 heavy (non-hydrogen) atoms. The second-order valence-corrected chi connectivity index (χ2v) is 8.88. The molecule has 7 heteroatoms. The molecule has 6 nitrogen and oxygen atoms in total. The molecular formula is C20H23N5OS. The molecule has 0 radical (unpaired) electrons. The number of piperazine rings is 1. The molecule has 140 valence electrons. The quantitative estimate of drug-likeness (QED) is 0.848. The van der Waals surface area contributed by atoms with Gasteiger partial charge in [-0.15, -0.1) is 11.8 Å². The minimum Gasteiger partial charge on any atom is -0.331 e. The summed E-state index contributed by atoms with van der Waals surface area (Å²) in [4.78, 5) is 28.8. The summed E-state index contributed by atoms with van der Waals surface area (Å²) in [6, 6.07) is 1.90. The lowest BCUT2D eigenvalue weighted by Crippen LogP contribution is -2.52. The molecule has 1 aromatic heterocycles. The minimum atomic E-state index is -0.0191. The van der Waals surface area contributed by atoms with Gasteiger partial charge in [0.15, 0.2) is 0 Å². The molecule has 0 bridgehead atoms. The van der Waals surface area contributed by atoms with Gasteiger partial charge in [-0.1, -0.05) is 12.2 Å². The van der Waals surface area contributed by atoms with Crippen LogP contribution in [0.4, 0.5) is 0 Å². The molecule has 0 saturated carbocycles. The zero-order chi connectivity index (χ0) is 18.3. The molecule has 1 aromatic rings. The predicted octanol–water partition coefficient (Wildman–Crippen LogP) is 1.99. The van der Waals surface area contributed by atoms with Gasteiger partial charge in [0.1, 0.15) is 6.33 Å². The fourth-order valence-corrected chi connectivity index (χ4v) is 6.68. The van der Waals surface area contributed by atoms with Crippen molar-refractivity contribution in [3.63, 3.8) is 0 Å². The Kier molecular flexibility index (Phi) is 4.36. The molecule has 4 atom stereocenters. The molecule has 3 aliphatic heterocycles. The highest BCUT2D eigenvalue weighted by atomic mass is 32.2. The zero-order valence-electron chi connectivity index (χ0n) is 15.1. The van der Waals surface area contributed by atoms with Gasteiger partial charge in [0, 0.05) is 37.8 Å². The van der Waals surface area contributed by atoms with Crippen molar-refractivity contribution in [2.75, 3.05) is 25.4 Å². The van der Waals surface area contributed by atoms with Crippen LogP contribution < -0.4 is 5.32 Å². The van der Waals surface area contributed by atoms with Crippen molar-refractivity contribution >= 4 is 23.9 Å². The number of carbonyl (C=O) groups excluding carboxylic acids is 1. The van der Waals surface area contributed by atoms with E-state index in [4.69, 9.17) is 0 Å². The average molecular weight is 382 g/mol. The first kappa shape index (κ1) is 17.1. The number of nitrogens with zero attached hydrogens (tertiary/aromatic N) is 4. The molecule has 2 saturated heterocycles. The highest BCUT2D eigenvalue weighted by Crippen LogP contribution is 2.57. The summed E-state index contributed by atoms with van der Waals surface area (Å²) in [5.41, 5.74) is 2.06. The molecule has 0 aromatic carbocycles. The predicted molar refractivity (Wildman–Crippen MR) is 106 cm³/mol. The molecule has 1 amide bonds. The number of allylic oxidation sites excluding steroid dienone is 3. The van der Waals surface area contributed by atoms with Crippen LogP contribution in [0, 0.1) is 11.8 Å². The molecule has 4 unspecified atom stereocenters. The summed E-state index contributed by atoms with van der Waals surface area (Å²) in [5, 5.41) is 3.41. The smallest absolute Gasteiger partial charge is 0.227 e. The molecule has 5 rings (SSSR count). The molecule has 1 N–H and O–H groups in total. The van der Waals surface area contributed by atoms with Gasteiger partial charge in [0.05, 0.1) is 28.1 Å². The number of aromatic nitrogens is 2. The average Bonchev–Trinajstić information content (AvgIpc) is 3.12. The van der Waals surface area contributed by atoms with E-state index < -0.39 is 0 Å². The Morgan fingerprint density at radius 3 is 3.26 bits per heavy atom. The highest BCUT2D eigenvalue weighted by Gasteiger charge is 2.55. The van der Waals surface area contributed by atoms with E-state index in [1.807, 2.05) is 24.0 Å². The van der Waals surface area contributed by atoms with Gasteiger partial charge in [-0.3, -0.25) is 9.79 Å². The van der Waals surface area contributed by atoms with E-state index in [1.165, 1.54) is 0 Å². The van der Waals surface area contributed by atoms with Crippen LogP contribution in [-0.2, 0) is 4.79 Å². The maximum Gasteiger partial charge on any atom is 0.227 e. The van der Waals surface area contributed by atoms with Crippen molar-refractivity contribution in [2.24, 2.45) is 16.8 Å². The molecular weight excluding hydrogens is 358 g/mol. The normalized spacial score (nSPS) is 34.7. The van der Waals surface area contributed by atoms with E-state index in [9.17, 15) is 4.79 Å². The number of rotatable bonds is 2. The van der Waals surface area contributed by atoms with Gasteiger partial charge in [-0.05, 0) is 30.9 Å². The lowest BCUT2D eigenvalue weighted by molar-refractivity contribution is -0.140. The molecule has 4 aliphatic rings. The summed E-state index contributed by atoms with van der Waals surface area (Å²) in [5.74, 6) is 1.51. The van der Waals surface area contributed by atoms with E-state index in [-0.39, 0.29) is 22.6 Å². The Balaban J connectivity index is 1.43. The fraction of sp³-hybridized carbons (Fsp3) is 0.500. The summed E-state index contributed by atoms with van der Waals surface area (Å²) < 4.78 is -0.0116. The Labute approximate surface area is 163 Å². The van der Waals surface area contributed by atoms with E-state index in [0.29, 0.717) is 5.92 Å². The first-order valence-electron chi connectivity index (χ1n) is 9.60. The summed E-state index contributed by atoms with van der Waals surface area (Å²) in [6.07, 6.45) is 13.6. The van der Waals surface area contributed by atoms with Crippen molar-refractivity contribution in [1.82, 2.24) is 20.2 Å². The van der Waals surface area contributed by atoms with Crippen LogP contribution in [0.3, 0.4) is 0 Å². The van der Waals surface area contributed by atoms with Crippen LogP contribution in [0.5, 0.6) is 0 Å². The number of aliphatic imine (C=N–C) groups is 1. The van der Waals surface area contributed by atoms with Gasteiger partial charge in [-0.2, -0.15) is 0 Å². The van der Waals surface area contributed by atoms with Gasteiger partial charge >= 0.3 is 0 Å². The first-order chi connectivity index (χ1) is 13.3. The van der Waals surface area contributed by atoms with Crippen molar-refractivity contribution < 1.29 is 4.79 Å². The van der Waals surface area contributed by atoms with E-state index in [0.717, 1.165) is 49.6 Å². The second kappa shape index (κ2) is 6.87. The fourth-order valence-electron chi connectivity index (χ4n) is 4.87. The number of nitrogens with one attached hydrogen (secondary N) is 1. The molecule has 2 fully saturated rings.